The average molecular weight is 249 g/mol. The second-order valence-corrected chi connectivity index (χ2v) is 8.38. The molecule has 1 heteroatoms. The summed E-state index contributed by atoms with van der Waals surface area (Å²) in [5.74, 6) is 3.22. The van der Waals surface area contributed by atoms with Crippen molar-refractivity contribution in [3.63, 3.8) is 0 Å². The molecule has 0 radical (unpaired) electrons. The lowest BCUT2D eigenvalue weighted by Gasteiger charge is -2.60. The molecule has 0 aromatic rings. The Morgan fingerprint density at radius 3 is 1.89 bits per heavy atom. The van der Waals surface area contributed by atoms with E-state index in [4.69, 9.17) is 0 Å². The monoisotopic (exact) mass is 249 g/mol. The summed E-state index contributed by atoms with van der Waals surface area (Å²) in [7, 11) is 0. The van der Waals surface area contributed by atoms with Gasteiger partial charge >= 0.3 is 0 Å². The summed E-state index contributed by atoms with van der Waals surface area (Å²) in [6.45, 7) is 9.51. The number of hydrogen-bond donors (Lipinski definition) is 1. The highest BCUT2D eigenvalue weighted by atomic mass is 15.0. The molecule has 104 valence electrons. The van der Waals surface area contributed by atoms with Crippen LogP contribution in [0.25, 0.3) is 0 Å². The minimum atomic E-state index is 0.308. The summed E-state index contributed by atoms with van der Waals surface area (Å²) in [6.07, 6.45) is 10.5. The van der Waals surface area contributed by atoms with E-state index < -0.39 is 0 Å². The van der Waals surface area contributed by atoms with Crippen molar-refractivity contribution >= 4 is 0 Å². The molecule has 4 rings (SSSR count). The van der Waals surface area contributed by atoms with Gasteiger partial charge in [0.15, 0.2) is 0 Å². The molecule has 4 bridgehead atoms. The summed E-state index contributed by atoms with van der Waals surface area (Å²) < 4.78 is 0. The molecule has 0 aromatic carbocycles. The van der Waals surface area contributed by atoms with E-state index in [2.05, 4.69) is 33.0 Å². The van der Waals surface area contributed by atoms with E-state index in [0.29, 0.717) is 17.0 Å². The van der Waals surface area contributed by atoms with Gasteiger partial charge in [0.25, 0.3) is 0 Å². The molecule has 1 atom stereocenters. The van der Waals surface area contributed by atoms with Gasteiger partial charge in [-0.15, -0.1) is 0 Å². The van der Waals surface area contributed by atoms with Crippen LogP contribution >= 0.6 is 0 Å². The fraction of sp³-hybridized carbons (Fsp3) is 1.00. The SMILES string of the molecule is CCC(C)(C)NC(C)C12CC3CC(CC(C3)C1)C2. The lowest BCUT2D eigenvalue weighted by Crippen LogP contribution is -2.58. The summed E-state index contributed by atoms with van der Waals surface area (Å²) in [6, 6.07) is 0.709. The standard InChI is InChI=1S/C17H31N/c1-5-16(3,4)18-12(2)17-9-13-6-14(10-17)8-15(7-13)11-17/h12-15,18H,5-11H2,1-4H3. The van der Waals surface area contributed by atoms with Crippen molar-refractivity contribution in [2.75, 3.05) is 0 Å². The molecule has 4 aliphatic rings. The zero-order valence-electron chi connectivity index (χ0n) is 12.8. The Morgan fingerprint density at radius 1 is 1.06 bits per heavy atom. The van der Waals surface area contributed by atoms with Crippen LogP contribution in [0.5, 0.6) is 0 Å². The molecule has 18 heavy (non-hydrogen) atoms. The average Bonchev–Trinajstić information content (AvgIpc) is 2.26. The molecule has 0 saturated heterocycles. The minimum absolute atomic E-state index is 0.308. The topological polar surface area (TPSA) is 12.0 Å². The lowest BCUT2D eigenvalue weighted by molar-refractivity contribution is -0.0746. The molecule has 4 fully saturated rings. The van der Waals surface area contributed by atoms with Gasteiger partial charge in [0, 0.05) is 11.6 Å². The van der Waals surface area contributed by atoms with E-state index >= 15 is 0 Å². The van der Waals surface area contributed by atoms with E-state index in [9.17, 15) is 0 Å². The second kappa shape index (κ2) is 4.23. The first-order chi connectivity index (χ1) is 8.42. The van der Waals surface area contributed by atoms with Crippen LogP contribution in [-0.4, -0.2) is 11.6 Å². The van der Waals surface area contributed by atoms with Crippen molar-refractivity contribution in [1.82, 2.24) is 5.32 Å². The first-order valence-electron chi connectivity index (χ1n) is 8.20. The van der Waals surface area contributed by atoms with Crippen LogP contribution in [0.2, 0.25) is 0 Å². The van der Waals surface area contributed by atoms with Crippen molar-refractivity contribution in [3.8, 4) is 0 Å². The van der Waals surface area contributed by atoms with E-state index in [-0.39, 0.29) is 0 Å². The Morgan fingerprint density at radius 2 is 1.50 bits per heavy atom. The smallest absolute Gasteiger partial charge is 0.0125 e. The van der Waals surface area contributed by atoms with E-state index in [1.807, 2.05) is 0 Å². The van der Waals surface area contributed by atoms with Gasteiger partial charge in [-0.2, -0.15) is 0 Å². The quantitative estimate of drug-likeness (QED) is 0.780. The Labute approximate surface area is 113 Å². The summed E-state index contributed by atoms with van der Waals surface area (Å²) in [5.41, 5.74) is 0.962. The highest BCUT2D eigenvalue weighted by Crippen LogP contribution is 2.61. The molecule has 4 aliphatic carbocycles. The zero-order chi connectivity index (χ0) is 13.0. The van der Waals surface area contributed by atoms with Gasteiger partial charge in [-0.1, -0.05) is 6.92 Å². The third-order valence-electron chi connectivity index (χ3n) is 6.50. The van der Waals surface area contributed by atoms with Crippen LogP contribution in [0.1, 0.15) is 72.6 Å². The third-order valence-corrected chi connectivity index (χ3v) is 6.50. The number of hydrogen-bond acceptors (Lipinski definition) is 1. The van der Waals surface area contributed by atoms with Gasteiger partial charge in [-0.25, -0.2) is 0 Å². The molecule has 4 saturated carbocycles. The second-order valence-electron chi connectivity index (χ2n) is 8.38. The van der Waals surface area contributed by atoms with Gasteiger partial charge < -0.3 is 5.32 Å². The van der Waals surface area contributed by atoms with E-state index in [1.54, 1.807) is 19.3 Å². The van der Waals surface area contributed by atoms with Crippen molar-refractivity contribution in [2.45, 2.75) is 84.2 Å². The van der Waals surface area contributed by atoms with Crippen molar-refractivity contribution < 1.29 is 0 Å². The molecule has 0 aliphatic heterocycles. The molecule has 1 unspecified atom stereocenters. The first-order valence-corrected chi connectivity index (χ1v) is 8.20. The maximum absolute atomic E-state index is 3.96. The van der Waals surface area contributed by atoms with E-state index in [1.165, 1.54) is 25.7 Å². The van der Waals surface area contributed by atoms with Crippen LogP contribution in [0.15, 0.2) is 0 Å². The van der Waals surface area contributed by atoms with Crippen LogP contribution in [0, 0.1) is 23.2 Å². The molecular weight excluding hydrogens is 218 g/mol. The molecule has 1 nitrogen and oxygen atoms in total. The molecule has 0 heterocycles. The number of nitrogens with one attached hydrogen (secondary N) is 1. The van der Waals surface area contributed by atoms with E-state index in [0.717, 1.165) is 17.8 Å². The Hall–Kier alpha value is -0.0400. The Bertz CT molecular complexity index is 282. The molecular formula is C17H31N. The van der Waals surface area contributed by atoms with Crippen molar-refractivity contribution in [3.05, 3.63) is 0 Å². The predicted molar refractivity (Wildman–Crippen MR) is 77.6 cm³/mol. The Balaban J connectivity index is 1.75. The maximum Gasteiger partial charge on any atom is 0.0125 e. The van der Waals surface area contributed by atoms with Gasteiger partial charge in [-0.3, -0.25) is 0 Å². The molecule has 0 spiro atoms. The molecule has 0 amide bonds. The fourth-order valence-corrected chi connectivity index (χ4v) is 5.55. The van der Waals surface area contributed by atoms with Gasteiger partial charge in [-0.05, 0) is 88.9 Å². The highest BCUT2D eigenvalue weighted by Gasteiger charge is 2.53. The largest absolute Gasteiger partial charge is 0.309 e. The van der Waals surface area contributed by atoms with Crippen LogP contribution in [0.3, 0.4) is 0 Å². The normalized spacial score (nSPS) is 44.3. The third kappa shape index (κ3) is 2.13. The van der Waals surface area contributed by atoms with Crippen molar-refractivity contribution in [2.24, 2.45) is 23.2 Å². The van der Waals surface area contributed by atoms with Gasteiger partial charge in [0.2, 0.25) is 0 Å². The molecule has 0 aromatic heterocycles. The first kappa shape index (κ1) is 13.0. The van der Waals surface area contributed by atoms with Gasteiger partial charge in [0.1, 0.15) is 0 Å². The predicted octanol–water partition coefficient (Wildman–Crippen LogP) is 4.37. The minimum Gasteiger partial charge on any atom is -0.309 e. The number of rotatable bonds is 4. The zero-order valence-corrected chi connectivity index (χ0v) is 12.8. The van der Waals surface area contributed by atoms with Crippen LogP contribution in [-0.2, 0) is 0 Å². The van der Waals surface area contributed by atoms with Gasteiger partial charge in [0.05, 0.1) is 0 Å². The van der Waals surface area contributed by atoms with Crippen LogP contribution < -0.4 is 5.32 Å². The molecule has 1 N–H and O–H groups in total. The maximum atomic E-state index is 3.96. The lowest BCUT2D eigenvalue weighted by atomic mass is 9.48. The van der Waals surface area contributed by atoms with Crippen LogP contribution in [0.4, 0.5) is 0 Å². The Kier molecular flexibility index (Phi) is 3.05. The van der Waals surface area contributed by atoms with Crippen molar-refractivity contribution in [1.29, 1.82) is 0 Å². The highest BCUT2D eigenvalue weighted by molar-refractivity contribution is 5.06. The fourth-order valence-electron chi connectivity index (χ4n) is 5.55. The summed E-state index contributed by atoms with van der Waals surface area (Å²) >= 11 is 0. The summed E-state index contributed by atoms with van der Waals surface area (Å²) in [5, 5.41) is 3.96. The summed E-state index contributed by atoms with van der Waals surface area (Å²) in [4.78, 5) is 0.